The van der Waals surface area contributed by atoms with Crippen LogP contribution >= 0.6 is 0 Å². The Morgan fingerprint density at radius 3 is 1.65 bits per heavy atom. The van der Waals surface area contributed by atoms with E-state index < -0.39 is 5.60 Å². The molecule has 0 aromatic heterocycles. The smallest absolute Gasteiger partial charge is 0.339 e. The first-order chi connectivity index (χ1) is 24.2. The fourth-order valence-electron chi connectivity index (χ4n) is 7.47. The van der Waals surface area contributed by atoms with Gasteiger partial charge in [0.25, 0.3) is 0 Å². The van der Waals surface area contributed by atoms with E-state index in [0.29, 0.717) is 41.4 Å². The molecule has 4 aliphatic heterocycles. The van der Waals surface area contributed by atoms with E-state index in [0.717, 1.165) is 78.6 Å². The molecule has 4 atom stereocenters. The molecule has 4 heterocycles. The first-order valence-electron chi connectivity index (χ1n) is 18.2. The first-order valence-corrected chi connectivity index (χ1v) is 18.2. The molecule has 6 rings (SSSR count). The molecule has 2 aromatic rings. The Kier molecular flexibility index (Phi) is 11.6. The quantitative estimate of drug-likeness (QED) is 0.129. The minimum atomic E-state index is -0.431. The van der Waals surface area contributed by atoms with Crippen LogP contribution in [0.4, 0.5) is 0 Å². The molecule has 51 heavy (non-hydrogen) atoms. The molecule has 0 aliphatic carbocycles. The minimum Gasteiger partial charge on any atom is -0.496 e. The second-order valence-electron chi connectivity index (χ2n) is 15.1. The predicted octanol–water partition coefficient (Wildman–Crippen LogP) is 8.84. The molecule has 0 unspecified atom stereocenters. The lowest BCUT2D eigenvalue weighted by Crippen LogP contribution is -2.44. The largest absolute Gasteiger partial charge is 0.496 e. The molecule has 0 N–H and O–H groups in total. The average molecular weight is 703 g/mol. The zero-order chi connectivity index (χ0) is 37.1. The fourth-order valence-corrected chi connectivity index (χ4v) is 7.47. The summed E-state index contributed by atoms with van der Waals surface area (Å²) in [6.45, 7) is 15.6. The predicted molar refractivity (Wildman–Crippen MR) is 195 cm³/mol. The second kappa shape index (κ2) is 15.5. The fraction of sp³-hybridized carbons (Fsp3) is 0.548. The van der Waals surface area contributed by atoms with Crippen LogP contribution in [0.15, 0.2) is 35.4 Å². The second-order valence-corrected chi connectivity index (χ2v) is 15.1. The van der Waals surface area contributed by atoms with Crippen LogP contribution < -0.4 is 18.9 Å². The number of benzene rings is 2. The molecule has 2 aromatic carbocycles. The van der Waals surface area contributed by atoms with Crippen molar-refractivity contribution in [2.75, 3.05) is 14.2 Å². The summed E-state index contributed by atoms with van der Waals surface area (Å²) in [4.78, 5) is 34.6. The average Bonchev–Trinajstić information content (AvgIpc) is 3.66. The van der Waals surface area contributed by atoms with Crippen molar-refractivity contribution in [2.24, 2.45) is 11.8 Å². The van der Waals surface area contributed by atoms with E-state index in [1.165, 1.54) is 11.1 Å². The lowest BCUT2D eigenvalue weighted by Gasteiger charge is -2.42. The third-order valence-electron chi connectivity index (χ3n) is 11.2. The van der Waals surface area contributed by atoms with E-state index >= 15 is 0 Å². The van der Waals surface area contributed by atoms with E-state index in [1.54, 1.807) is 26.4 Å². The molecule has 9 heteroatoms. The number of cyclic esters (lactones) is 2. The summed E-state index contributed by atoms with van der Waals surface area (Å²) in [6, 6.07) is 3.55. The Labute approximate surface area is 302 Å². The number of aldehydes is 1. The van der Waals surface area contributed by atoms with Crippen LogP contribution in [0.5, 0.6) is 23.0 Å². The van der Waals surface area contributed by atoms with Crippen LogP contribution in [0, 0.1) is 11.8 Å². The number of rotatable bonds is 11. The topological polar surface area (TPSA) is 107 Å². The molecule has 0 saturated heterocycles. The summed E-state index contributed by atoms with van der Waals surface area (Å²) in [5.41, 5.74) is 6.89. The standard InChI is InChI=1S/C25H34O4.C17H20O5/c1-16(2)9-7-10-17(3)11-8-12-25(5)18(4)13-20-22(27-6)14-19-21(23(20)29-25)15-28-24(19)26;1-10-7-12-14(20-3)8-11-13(9-21-16(11)19)15(12)22-17(10,2)5-4-6-18/h9,11,14,18H,7-8,10,12-13,15H2,1-6H3;6,8,10H,4-5,7,9H2,1-3H3/b17-11+;/t18-,25-;10-,17-/m00/s1. The van der Waals surface area contributed by atoms with Gasteiger partial charge in [0, 0.05) is 28.7 Å². The van der Waals surface area contributed by atoms with Crippen molar-refractivity contribution < 1.29 is 42.8 Å². The molecular formula is C42H54O9. The normalized spacial score (nSPS) is 24.2. The number of hydrogen-bond acceptors (Lipinski definition) is 9. The van der Waals surface area contributed by atoms with Crippen LogP contribution in [0.1, 0.15) is 130 Å². The van der Waals surface area contributed by atoms with Gasteiger partial charge in [-0.1, -0.05) is 37.1 Å². The van der Waals surface area contributed by atoms with Crippen molar-refractivity contribution in [3.8, 4) is 23.0 Å². The molecule has 0 fully saturated rings. The minimum absolute atomic E-state index is 0.235. The Hall–Kier alpha value is -4.27. The summed E-state index contributed by atoms with van der Waals surface area (Å²) in [5.74, 6) is 2.84. The zero-order valence-corrected chi connectivity index (χ0v) is 31.8. The van der Waals surface area contributed by atoms with Crippen LogP contribution in [0.2, 0.25) is 0 Å². The van der Waals surface area contributed by atoms with Crippen molar-refractivity contribution in [3.63, 3.8) is 0 Å². The number of methoxy groups -OCH3 is 2. The highest BCUT2D eigenvalue weighted by Gasteiger charge is 2.43. The van der Waals surface area contributed by atoms with Gasteiger partial charge in [-0.2, -0.15) is 0 Å². The Balaban J connectivity index is 0.000000205. The highest BCUT2D eigenvalue weighted by Crippen LogP contribution is 2.49. The third kappa shape index (κ3) is 7.82. The third-order valence-corrected chi connectivity index (χ3v) is 11.2. The van der Waals surface area contributed by atoms with Gasteiger partial charge in [0.05, 0.1) is 25.3 Å². The van der Waals surface area contributed by atoms with Gasteiger partial charge >= 0.3 is 11.9 Å². The Bertz CT molecular complexity index is 1730. The van der Waals surface area contributed by atoms with Gasteiger partial charge in [-0.3, -0.25) is 0 Å². The number of ether oxygens (including phenoxy) is 6. The molecule has 9 nitrogen and oxygen atoms in total. The summed E-state index contributed by atoms with van der Waals surface area (Å²) in [6.07, 6.45) is 12.4. The summed E-state index contributed by atoms with van der Waals surface area (Å²) >= 11 is 0. The van der Waals surface area contributed by atoms with Crippen molar-refractivity contribution in [3.05, 3.63) is 68.8 Å². The van der Waals surface area contributed by atoms with Crippen LogP contribution in [0.3, 0.4) is 0 Å². The molecule has 0 spiro atoms. The lowest BCUT2D eigenvalue weighted by molar-refractivity contribution is -0.109. The molecule has 4 aliphatic rings. The maximum absolute atomic E-state index is 12.1. The number of esters is 2. The van der Waals surface area contributed by atoms with Gasteiger partial charge in [0.15, 0.2) is 0 Å². The number of carbonyl (C=O) groups excluding carboxylic acids is 3. The van der Waals surface area contributed by atoms with Crippen molar-refractivity contribution in [1.82, 2.24) is 0 Å². The molecule has 276 valence electrons. The van der Waals surface area contributed by atoms with E-state index in [-0.39, 0.29) is 36.7 Å². The molecule has 0 amide bonds. The van der Waals surface area contributed by atoms with E-state index in [9.17, 15) is 14.4 Å². The number of fused-ring (bicyclic) bond motifs is 6. The zero-order valence-electron chi connectivity index (χ0n) is 31.8. The number of hydrogen-bond donors (Lipinski definition) is 0. The molecule has 0 bridgehead atoms. The van der Waals surface area contributed by atoms with Gasteiger partial charge in [-0.15, -0.1) is 0 Å². The molecule has 0 radical (unpaired) electrons. The van der Waals surface area contributed by atoms with Gasteiger partial charge in [-0.05, 0) is 104 Å². The highest BCUT2D eigenvalue weighted by molar-refractivity contribution is 5.96. The Morgan fingerprint density at radius 1 is 0.745 bits per heavy atom. The van der Waals surface area contributed by atoms with Gasteiger partial charge < -0.3 is 33.2 Å². The van der Waals surface area contributed by atoms with E-state index in [1.807, 2.05) is 6.92 Å². The van der Waals surface area contributed by atoms with Gasteiger partial charge in [0.1, 0.15) is 53.7 Å². The summed E-state index contributed by atoms with van der Waals surface area (Å²) in [7, 11) is 3.23. The van der Waals surface area contributed by atoms with E-state index in [2.05, 4.69) is 53.7 Å². The summed E-state index contributed by atoms with van der Waals surface area (Å²) < 4.78 is 34.3. The maximum atomic E-state index is 12.1. The SMILES string of the molecule is COc1cc2c(c3c1C[C@H](C)[C@](C)(CC/C=C(\C)CCC=C(C)C)O3)COC2=O.COc1cc2c(c3c1C[C@H](C)[C@](C)(CCC=O)O3)COC2=O. The molecular weight excluding hydrogens is 648 g/mol. The molecule has 0 saturated carbocycles. The van der Waals surface area contributed by atoms with Crippen LogP contribution in [0.25, 0.3) is 0 Å². The van der Waals surface area contributed by atoms with Crippen molar-refractivity contribution in [1.29, 1.82) is 0 Å². The number of allylic oxidation sites excluding steroid dienone is 4. The van der Waals surface area contributed by atoms with Crippen molar-refractivity contribution in [2.45, 2.75) is 124 Å². The number of carbonyl (C=O) groups is 3. The van der Waals surface area contributed by atoms with Crippen molar-refractivity contribution >= 4 is 18.2 Å². The maximum Gasteiger partial charge on any atom is 0.339 e. The monoisotopic (exact) mass is 702 g/mol. The highest BCUT2D eigenvalue weighted by atomic mass is 16.6. The van der Waals surface area contributed by atoms with Gasteiger partial charge in [0.2, 0.25) is 0 Å². The van der Waals surface area contributed by atoms with Crippen LogP contribution in [-0.2, 0) is 40.3 Å². The van der Waals surface area contributed by atoms with Gasteiger partial charge in [-0.25, -0.2) is 9.59 Å². The lowest BCUT2D eigenvalue weighted by atomic mass is 9.78. The van der Waals surface area contributed by atoms with Crippen LogP contribution in [-0.4, -0.2) is 43.6 Å². The summed E-state index contributed by atoms with van der Waals surface area (Å²) in [5, 5.41) is 0. The first kappa shape index (κ1) is 38.0. The van der Waals surface area contributed by atoms with E-state index in [4.69, 9.17) is 28.4 Å². The Morgan fingerprint density at radius 2 is 1.22 bits per heavy atom.